The number of aromatic amines is 1. The molecule has 0 bridgehead atoms. The summed E-state index contributed by atoms with van der Waals surface area (Å²) in [4.78, 5) is 16.0. The number of hydrogen-bond donors (Lipinski definition) is 2. The highest BCUT2D eigenvalue weighted by Gasteiger charge is 2.24. The molecule has 88 valence electrons. The molecule has 7 nitrogen and oxygen atoms in total. The van der Waals surface area contributed by atoms with E-state index in [2.05, 4.69) is 27.2 Å². The summed E-state index contributed by atoms with van der Waals surface area (Å²) in [6, 6.07) is 0. The smallest absolute Gasteiger partial charge is 0.278 e. The van der Waals surface area contributed by atoms with Crippen LogP contribution in [-0.2, 0) is 0 Å². The molecule has 1 aliphatic rings. The number of piperazine rings is 1. The van der Waals surface area contributed by atoms with Crippen molar-refractivity contribution >= 4 is 11.7 Å². The summed E-state index contributed by atoms with van der Waals surface area (Å²) in [5.74, 6) is 0.0323. The van der Waals surface area contributed by atoms with E-state index in [1.807, 2.05) is 0 Å². The molecular weight excluding hydrogens is 208 g/mol. The topological polar surface area (TPSA) is 91.1 Å². The van der Waals surface area contributed by atoms with Crippen molar-refractivity contribution in [1.29, 1.82) is 0 Å². The monoisotopic (exact) mass is 224 g/mol. The molecule has 1 fully saturated rings. The predicted octanol–water partition coefficient (Wildman–Crippen LogP) is -0.835. The van der Waals surface area contributed by atoms with E-state index >= 15 is 0 Å². The summed E-state index contributed by atoms with van der Waals surface area (Å²) < 4.78 is 0. The van der Waals surface area contributed by atoms with E-state index in [4.69, 9.17) is 5.73 Å². The molecule has 1 aromatic rings. The third-order valence-electron chi connectivity index (χ3n) is 2.88. The number of anilines is 1. The number of nitrogens with zero attached hydrogens (tertiary/aromatic N) is 4. The molecule has 0 aliphatic carbocycles. The van der Waals surface area contributed by atoms with Crippen LogP contribution in [0.4, 0.5) is 5.82 Å². The normalized spacial score (nSPS) is 17.7. The van der Waals surface area contributed by atoms with Gasteiger partial charge < -0.3 is 15.5 Å². The third-order valence-corrected chi connectivity index (χ3v) is 2.88. The second-order valence-corrected chi connectivity index (χ2v) is 3.78. The molecule has 1 saturated heterocycles. The second-order valence-electron chi connectivity index (χ2n) is 3.78. The third kappa shape index (κ3) is 1.99. The van der Waals surface area contributed by atoms with Crippen molar-refractivity contribution in [1.82, 2.24) is 25.2 Å². The lowest BCUT2D eigenvalue weighted by molar-refractivity contribution is 0.0638. The van der Waals surface area contributed by atoms with E-state index < -0.39 is 0 Å². The Kier molecular flexibility index (Phi) is 3.04. The average Bonchev–Trinajstić information content (AvgIpc) is 2.75. The molecule has 0 saturated carbocycles. The maximum absolute atomic E-state index is 12.0. The van der Waals surface area contributed by atoms with Crippen LogP contribution >= 0.6 is 0 Å². The van der Waals surface area contributed by atoms with Crippen LogP contribution in [0.3, 0.4) is 0 Å². The number of H-pyrrole nitrogens is 1. The quantitative estimate of drug-likeness (QED) is 0.684. The molecule has 2 heterocycles. The van der Waals surface area contributed by atoms with Gasteiger partial charge in [0.05, 0.1) is 0 Å². The number of likely N-dealkylation sites (N-methyl/N-ethyl adjacent to an activating group) is 1. The van der Waals surface area contributed by atoms with Crippen LogP contribution in [0, 0.1) is 0 Å². The fraction of sp³-hybridized carbons (Fsp3) is 0.667. The number of rotatable bonds is 2. The first-order chi connectivity index (χ1) is 7.72. The molecule has 1 aliphatic heterocycles. The minimum Gasteiger partial charge on any atom is -0.380 e. The summed E-state index contributed by atoms with van der Waals surface area (Å²) in [5, 5.41) is 9.77. The fourth-order valence-corrected chi connectivity index (χ4v) is 1.81. The highest BCUT2D eigenvalue weighted by atomic mass is 16.2. The minimum atomic E-state index is -0.137. The van der Waals surface area contributed by atoms with Crippen molar-refractivity contribution in [2.24, 2.45) is 0 Å². The summed E-state index contributed by atoms with van der Waals surface area (Å²) in [6.45, 7) is 6.39. The molecule has 0 unspecified atom stereocenters. The van der Waals surface area contributed by atoms with Crippen LogP contribution in [0.2, 0.25) is 0 Å². The number of amides is 1. The number of aromatic nitrogens is 3. The molecule has 0 radical (unpaired) electrons. The van der Waals surface area contributed by atoms with Crippen LogP contribution in [-0.4, -0.2) is 63.8 Å². The zero-order chi connectivity index (χ0) is 11.5. The number of nitrogen functional groups attached to an aromatic ring is 1. The first-order valence-corrected chi connectivity index (χ1v) is 5.40. The lowest BCUT2D eigenvalue weighted by atomic mass is 10.3. The SMILES string of the molecule is CCN1CCN(C(=O)c2n[nH]nc2N)CC1. The van der Waals surface area contributed by atoms with Gasteiger partial charge in [0, 0.05) is 26.2 Å². The number of carbonyl (C=O) groups excluding carboxylic acids is 1. The standard InChI is InChI=1S/C9H16N6O/c1-2-14-3-5-15(6-4-14)9(16)7-8(10)12-13-11-7/h2-6H2,1H3,(H3,10,11,12,13). The van der Waals surface area contributed by atoms with E-state index in [1.165, 1.54) is 0 Å². The van der Waals surface area contributed by atoms with Gasteiger partial charge in [0.15, 0.2) is 11.5 Å². The first kappa shape index (κ1) is 10.9. The molecular formula is C9H16N6O. The van der Waals surface area contributed by atoms with Gasteiger partial charge in [-0.1, -0.05) is 6.92 Å². The molecule has 16 heavy (non-hydrogen) atoms. The number of nitrogens with one attached hydrogen (secondary N) is 1. The van der Waals surface area contributed by atoms with Gasteiger partial charge in [-0.05, 0) is 6.54 Å². The zero-order valence-electron chi connectivity index (χ0n) is 9.31. The Balaban J connectivity index is 2.00. The Morgan fingerprint density at radius 2 is 2.06 bits per heavy atom. The summed E-state index contributed by atoms with van der Waals surface area (Å²) in [6.07, 6.45) is 0. The van der Waals surface area contributed by atoms with Gasteiger partial charge in [0.25, 0.3) is 5.91 Å². The van der Waals surface area contributed by atoms with Crippen molar-refractivity contribution < 1.29 is 4.79 Å². The van der Waals surface area contributed by atoms with E-state index in [9.17, 15) is 4.79 Å². The molecule has 7 heteroatoms. The maximum Gasteiger partial charge on any atom is 0.278 e. The van der Waals surface area contributed by atoms with E-state index in [0.29, 0.717) is 0 Å². The lowest BCUT2D eigenvalue weighted by Crippen LogP contribution is -2.48. The van der Waals surface area contributed by atoms with Gasteiger partial charge >= 0.3 is 0 Å². The first-order valence-electron chi connectivity index (χ1n) is 5.40. The van der Waals surface area contributed by atoms with Gasteiger partial charge in [0.1, 0.15) is 0 Å². The fourth-order valence-electron chi connectivity index (χ4n) is 1.81. The van der Waals surface area contributed by atoms with Gasteiger partial charge in [0.2, 0.25) is 0 Å². The van der Waals surface area contributed by atoms with Crippen molar-refractivity contribution in [3.63, 3.8) is 0 Å². The number of hydrogen-bond acceptors (Lipinski definition) is 5. The highest BCUT2D eigenvalue weighted by Crippen LogP contribution is 2.09. The Labute approximate surface area is 93.6 Å². The largest absolute Gasteiger partial charge is 0.380 e. The van der Waals surface area contributed by atoms with E-state index in [-0.39, 0.29) is 17.4 Å². The predicted molar refractivity (Wildman–Crippen MR) is 58.8 cm³/mol. The lowest BCUT2D eigenvalue weighted by Gasteiger charge is -2.33. The molecule has 0 aromatic carbocycles. The minimum absolute atomic E-state index is 0.137. The summed E-state index contributed by atoms with van der Waals surface area (Å²) in [7, 11) is 0. The van der Waals surface area contributed by atoms with Crippen LogP contribution in [0.1, 0.15) is 17.4 Å². The van der Waals surface area contributed by atoms with E-state index in [0.717, 1.165) is 32.7 Å². The Bertz CT molecular complexity index is 368. The van der Waals surface area contributed by atoms with Crippen LogP contribution in [0.5, 0.6) is 0 Å². The molecule has 2 rings (SSSR count). The molecule has 1 aromatic heterocycles. The van der Waals surface area contributed by atoms with Gasteiger partial charge in [-0.2, -0.15) is 5.21 Å². The Hall–Kier alpha value is -1.63. The van der Waals surface area contributed by atoms with Crippen LogP contribution < -0.4 is 5.73 Å². The van der Waals surface area contributed by atoms with E-state index in [1.54, 1.807) is 4.90 Å². The second kappa shape index (κ2) is 4.48. The Morgan fingerprint density at radius 3 is 2.56 bits per heavy atom. The van der Waals surface area contributed by atoms with Gasteiger partial charge in [-0.25, -0.2) is 0 Å². The van der Waals surface area contributed by atoms with Crippen molar-refractivity contribution in [3.8, 4) is 0 Å². The van der Waals surface area contributed by atoms with Crippen LogP contribution in [0.15, 0.2) is 0 Å². The number of carbonyl (C=O) groups is 1. The summed E-state index contributed by atoms with van der Waals surface area (Å²) in [5.41, 5.74) is 5.77. The highest BCUT2D eigenvalue weighted by molar-refractivity contribution is 5.96. The van der Waals surface area contributed by atoms with Gasteiger partial charge in [-0.3, -0.25) is 4.79 Å². The van der Waals surface area contributed by atoms with Gasteiger partial charge in [-0.15, -0.1) is 10.2 Å². The molecule has 0 atom stereocenters. The number of nitrogens with two attached hydrogens (primary N) is 1. The van der Waals surface area contributed by atoms with Crippen molar-refractivity contribution in [2.75, 3.05) is 38.5 Å². The Morgan fingerprint density at radius 1 is 1.38 bits per heavy atom. The van der Waals surface area contributed by atoms with Crippen molar-refractivity contribution in [3.05, 3.63) is 5.69 Å². The van der Waals surface area contributed by atoms with Crippen LogP contribution in [0.25, 0.3) is 0 Å². The summed E-state index contributed by atoms with van der Waals surface area (Å²) >= 11 is 0. The molecule has 0 spiro atoms. The maximum atomic E-state index is 12.0. The molecule has 1 amide bonds. The van der Waals surface area contributed by atoms with Crippen molar-refractivity contribution in [2.45, 2.75) is 6.92 Å². The molecule has 3 N–H and O–H groups in total. The zero-order valence-corrected chi connectivity index (χ0v) is 9.31. The average molecular weight is 224 g/mol.